The van der Waals surface area contributed by atoms with Crippen LogP contribution in [0.3, 0.4) is 0 Å². The van der Waals surface area contributed by atoms with Crippen LogP contribution in [0.15, 0.2) is 23.6 Å². The average molecular weight is 738 g/mol. The van der Waals surface area contributed by atoms with Gasteiger partial charge in [0.15, 0.2) is 0 Å². The summed E-state index contributed by atoms with van der Waals surface area (Å²) in [7, 11) is 1.33. The minimum atomic E-state index is -0.965. The molecule has 2 amide bonds. The molecule has 2 bridgehead atoms. The molecule has 11 nitrogen and oxygen atoms in total. The highest BCUT2D eigenvalue weighted by Crippen LogP contribution is 2.39. The number of rotatable bonds is 9. The Morgan fingerprint density at radius 2 is 1.95 bits per heavy atom. The number of benzene rings is 1. The van der Waals surface area contributed by atoms with Crippen molar-refractivity contribution in [3.8, 4) is 11.3 Å². The SMILES string of the molecule is COC(=O)[C@H]1NN(C(=O)[C@H](Cc2nc(-c3ccc4[nH]c(I)c(CC(C)(C)CO)c4c3)cs2)NC(=O)OC(C)(C)C)C2CC1C2. The first kappa shape index (κ1) is 32.6. The summed E-state index contributed by atoms with van der Waals surface area (Å²) in [5.74, 6) is -0.653. The van der Waals surface area contributed by atoms with Crippen LogP contribution in [-0.2, 0) is 31.9 Å². The van der Waals surface area contributed by atoms with Crippen LogP contribution in [0.25, 0.3) is 22.2 Å². The molecule has 1 aromatic carbocycles. The van der Waals surface area contributed by atoms with Gasteiger partial charge in [0.05, 0.1) is 21.5 Å². The number of aliphatic hydroxyl groups excluding tert-OH is 1. The van der Waals surface area contributed by atoms with Crippen molar-refractivity contribution in [3.63, 3.8) is 0 Å². The second kappa shape index (κ2) is 12.6. The van der Waals surface area contributed by atoms with Gasteiger partial charge >= 0.3 is 12.1 Å². The van der Waals surface area contributed by atoms with E-state index in [2.05, 4.69) is 44.4 Å². The number of carbonyl (C=O) groups is 3. The number of hydrogen-bond acceptors (Lipinski definition) is 9. The van der Waals surface area contributed by atoms with Crippen LogP contribution < -0.4 is 10.7 Å². The van der Waals surface area contributed by atoms with Crippen molar-refractivity contribution in [2.45, 2.75) is 84.0 Å². The lowest BCUT2D eigenvalue weighted by Gasteiger charge is -2.52. The number of hydrogen-bond donors (Lipinski definition) is 4. The number of aromatic nitrogens is 2. The Labute approximate surface area is 274 Å². The monoisotopic (exact) mass is 737 g/mol. The molecule has 0 spiro atoms. The second-order valence-electron chi connectivity index (χ2n) is 13.4. The molecule has 2 aliphatic heterocycles. The number of nitrogens with one attached hydrogen (secondary N) is 3. The molecular weight excluding hydrogens is 697 g/mol. The first-order valence-corrected chi connectivity index (χ1v) is 16.7. The van der Waals surface area contributed by atoms with Crippen LogP contribution in [0, 0.1) is 15.0 Å². The summed E-state index contributed by atoms with van der Waals surface area (Å²) in [5.41, 5.74) is 5.91. The molecule has 3 fully saturated rings. The van der Waals surface area contributed by atoms with Crippen LogP contribution in [0.1, 0.15) is 58.0 Å². The van der Waals surface area contributed by atoms with E-state index in [-0.39, 0.29) is 36.3 Å². The molecule has 1 saturated carbocycles. The third kappa shape index (κ3) is 7.05. The van der Waals surface area contributed by atoms with Crippen LogP contribution in [0.2, 0.25) is 0 Å². The number of hydrazine groups is 1. The van der Waals surface area contributed by atoms with Crippen molar-refractivity contribution >= 4 is 62.8 Å². The fourth-order valence-corrected chi connectivity index (χ4v) is 7.32. The largest absolute Gasteiger partial charge is 0.468 e. The zero-order valence-electron chi connectivity index (χ0n) is 25.8. The predicted octanol–water partition coefficient (Wildman–Crippen LogP) is 4.56. The van der Waals surface area contributed by atoms with Crippen molar-refractivity contribution in [2.24, 2.45) is 11.3 Å². The highest BCUT2D eigenvalue weighted by molar-refractivity contribution is 14.1. The summed E-state index contributed by atoms with van der Waals surface area (Å²) in [6.45, 7) is 9.45. The molecule has 2 atom stereocenters. The van der Waals surface area contributed by atoms with Crippen molar-refractivity contribution < 1.29 is 29.0 Å². The van der Waals surface area contributed by atoms with Crippen molar-refractivity contribution in [1.82, 2.24) is 25.7 Å². The van der Waals surface area contributed by atoms with E-state index in [9.17, 15) is 19.5 Å². The Morgan fingerprint density at radius 3 is 2.61 bits per heavy atom. The number of aliphatic hydroxyl groups is 1. The standard InChI is InChI=1S/C31H40IN5O6S/c1-30(2,3)43-29(41)35-22(27(39)37-18-9-17(10-18)25(36-37)28(40)42-6)12-24-33-23(14-44-24)16-7-8-21-19(11-16)20(26(32)34-21)13-31(4,5)15-38/h7-8,11,14,17-18,22,25,34,36,38H,9-10,12-13,15H2,1-6H3,(H,35,41)/t17?,18?,22-,25-/m0/s1. The maximum atomic E-state index is 13.9. The van der Waals surface area contributed by atoms with Gasteiger partial charge < -0.3 is 24.9 Å². The third-order valence-electron chi connectivity index (χ3n) is 8.11. The lowest BCUT2D eigenvalue weighted by atomic mass is 9.73. The Kier molecular flexibility index (Phi) is 9.32. The first-order valence-electron chi connectivity index (χ1n) is 14.7. The van der Waals surface area contributed by atoms with Gasteiger partial charge in [0.1, 0.15) is 17.7 Å². The summed E-state index contributed by atoms with van der Waals surface area (Å²) >= 11 is 3.72. The number of ether oxygens (including phenoxy) is 2. The lowest BCUT2D eigenvalue weighted by molar-refractivity contribution is -0.167. The fourth-order valence-electron chi connectivity index (χ4n) is 5.70. The third-order valence-corrected chi connectivity index (χ3v) is 9.90. The normalized spacial score (nSPS) is 20.6. The maximum Gasteiger partial charge on any atom is 0.408 e. The van der Waals surface area contributed by atoms with Crippen molar-refractivity contribution in [2.75, 3.05) is 13.7 Å². The van der Waals surface area contributed by atoms with Gasteiger partial charge in [-0.25, -0.2) is 15.2 Å². The smallest absolute Gasteiger partial charge is 0.408 e. The van der Waals surface area contributed by atoms with Crippen LogP contribution in [-0.4, -0.2) is 75.5 Å². The fraction of sp³-hybridized carbons (Fsp3) is 0.548. The molecule has 2 saturated heterocycles. The molecule has 4 N–H and O–H groups in total. The number of methoxy groups -OCH3 is 1. The number of H-pyrrole nitrogens is 1. The molecule has 1 aliphatic carbocycles. The van der Waals surface area contributed by atoms with E-state index in [1.165, 1.54) is 23.5 Å². The number of fused-ring (bicyclic) bond motifs is 3. The summed E-state index contributed by atoms with van der Waals surface area (Å²) < 4.78 is 11.5. The Bertz CT molecular complexity index is 1560. The van der Waals surface area contributed by atoms with Crippen LogP contribution in [0.4, 0.5) is 4.79 Å². The van der Waals surface area contributed by atoms with Gasteiger partial charge in [-0.1, -0.05) is 19.9 Å². The highest BCUT2D eigenvalue weighted by Gasteiger charge is 2.51. The summed E-state index contributed by atoms with van der Waals surface area (Å²) in [4.78, 5) is 47.4. The molecule has 3 aliphatic rings. The van der Waals surface area contributed by atoms with E-state index in [0.29, 0.717) is 17.8 Å². The van der Waals surface area contributed by atoms with E-state index in [1.54, 1.807) is 20.8 Å². The molecule has 44 heavy (non-hydrogen) atoms. The number of alkyl carbamates (subject to hydrolysis) is 1. The van der Waals surface area contributed by atoms with Gasteiger partial charge in [-0.2, -0.15) is 0 Å². The van der Waals surface area contributed by atoms with Crippen LogP contribution in [0.5, 0.6) is 0 Å². The zero-order valence-corrected chi connectivity index (χ0v) is 28.8. The van der Waals surface area contributed by atoms with Crippen LogP contribution >= 0.6 is 33.9 Å². The zero-order chi connectivity index (χ0) is 32.0. The molecule has 13 heteroatoms. The maximum absolute atomic E-state index is 13.9. The van der Waals surface area contributed by atoms with Gasteiger partial charge in [0.2, 0.25) is 0 Å². The van der Waals surface area contributed by atoms with Gasteiger partial charge in [0, 0.05) is 40.9 Å². The molecule has 3 aromatic rings. The van der Waals surface area contributed by atoms with Gasteiger partial charge in [-0.15, -0.1) is 11.3 Å². The van der Waals surface area contributed by atoms with E-state index in [1.807, 2.05) is 31.4 Å². The Balaban J connectivity index is 1.39. The minimum Gasteiger partial charge on any atom is -0.468 e. The summed E-state index contributed by atoms with van der Waals surface area (Å²) in [6, 6.07) is 4.50. The van der Waals surface area contributed by atoms with E-state index in [0.717, 1.165) is 37.8 Å². The number of carbonyl (C=O) groups excluding carboxylic acids is 3. The molecule has 2 aromatic heterocycles. The van der Waals surface area contributed by atoms with E-state index >= 15 is 0 Å². The Hall–Kier alpha value is -2.75. The number of aromatic amines is 1. The molecule has 0 unspecified atom stereocenters. The number of halogens is 1. The van der Waals surface area contributed by atoms with Crippen molar-refractivity contribution in [3.05, 3.63) is 37.9 Å². The molecule has 0 radical (unpaired) electrons. The quantitative estimate of drug-likeness (QED) is 0.185. The van der Waals surface area contributed by atoms with E-state index in [4.69, 9.17) is 14.5 Å². The molecule has 6 rings (SSSR count). The molecule has 238 valence electrons. The highest BCUT2D eigenvalue weighted by atomic mass is 127. The molecular formula is C31H40IN5O6S. The van der Waals surface area contributed by atoms with E-state index < -0.39 is 29.7 Å². The Morgan fingerprint density at radius 1 is 1.23 bits per heavy atom. The van der Waals surface area contributed by atoms with Gasteiger partial charge in [-0.05, 0) is 91.7 Å². The number of thiazole rings is 1. The van der Waals surface area contributed by atoms with Gasteiger partial charge in [0.25, 0.3) is 5.91 Å². The van der Waals surface area contributed by atoms with Gasteiger partial charge in [-0.3, -0.25) is 14.6 Å². The average Bonchev–Trinajstić information content (AvgIpc) is 3.53. The number of nitrogens with zero attached hydrogens (tertiary/aromatic N) is 2. The first-order chi connectivity index (χ1) is 20.7. The molecule has 4 heterocycles. The minimum absolute atomic E-state index is 0.0657. The second-order valence-corrected chi connectivity index (χ2v) is 15.5. The number of amides is 2. The number of esters is 1. The topological polar surface area (TPSA) is 146 Å². The summed E-state index contributed by atoms with van der Waals surface area (Å²) in [6.07, 6.45) is 1.55. The predicted molar refractivity (Wildman–Crippen MR) is 176 cm³/mol. The van der Waals surface area contributed by atoms with Crippen molar-refractivity contribution in [1.29, 1.82) is 0 Å². The lowest BCUT2D eigenvalue weighted by Crippen LogP contribution is -2.71. The summed E-state index contributed by atoms with van der Waals surface area (Å²) in [5, 5.41) is 17.8.